The fourth-order valence-corrected chi connectivity index (χ4v) is 2.64. The molecular weight excluding hydrogens is 240 g/mol. The van der Waals surface area contributed by atoms with Gasteiger partial charge in [-0.25, -0.2) is 0 Å². The third-order valence-corrected chi connectivity index (χ3v) is 3.92. The molecule has 1 atom stereocenters. The maximum absolute atomic E-state index is 2.34. The summed E-state index contributed by atoms with van der Waals surface area (Å²) < 4.78 is 0. The van der Waals surface area contributed by atoms with Crippen LogP contribution in [0.5, 0.6) is 0 Å². The average molecular weight is 264 g/mol. The van der Waals surface area contributed by atoms with Gasteiger partial charge in [-0.05, 0) is 51.6 Å². The van der Waals surface area contributed by atoms with Crippen molar-refractivity contribution in [1.82, 2.24) is 0 Å². The van der Waals surface area contributed by atoms with Crippen LogP contribution in [0.1, 0.15) is 45.6 Å². The summed E-state index contributed by atoms with van der Waals surface area (Å²) in [5, 5.41) is 5.42. The Balaban J connectivity index is 0.000000704. The van der Waals surface area contributed by atoms with Gasteiger partial charge in [0.1, 0.15) is 0 Å². The van der Waals surface area contributed by atoms with Crippen molar-refractivity contribution in [3.05, 3.63) is 60.2 Å². The van der Waals surface area contributed by atoms with Gasteiger partial charge in [0.05, 0.1) is 0 Å². The van der Waals surface area contributed by atoms with E-state index in [2.05, 4.69) is 68.4 Å². The molecule has 0 aliphatic rings. The lowest BCUT2D eigenvalue weighted by atomic mass is 9.91. The lowest BCUT2D eigenvalue weighted by Crippen LogP contribution is -1.92. The average Bonchev–Trinajstić information content (AvgIpc) is 2.53. The molecule has 0 heteroatoms. The topological polar surface area (TPSA) is 0 Å². The van der Waals surface area contributed by atoms with E-state index < -0.39 is 0 Å². The summed E-state index contributed by atoms with van der Waals surface area (Å²) in [5.74, 6) is 0.620. The van der Waals surface area contributed by atoms with Crippen LogP contribution < -0.4 is 0 Å². The molecule has 3 aromatic rings. The van der Waals surface area contributed by atoms with Crippen molar-refractivity contribution in [3.8, 4) is 0 Å². The summed E-state index contributed by atoms with van der Waals surface area (Å²) in [5.41, 5.74) is 1.47. The van der Waals surface area contributed by atoms with Crippen LogP contribution in [0.2, 0.25) is 0 Å². The van der Waals surface area contributed by atoms with Gasteiger partial charge in [0.2, 0.25) is 0 Å². The number of fused-ring (bicyclic) bond motifs is 2. The maximum Gasteiger partial charge on any atom is -0.0143 e. The van der Waals surface area contributed by atoms with Gasteiger partial charge in [-0.2, -0.15) is 0 Å². The Morgan fingerprint density at radius 2 is 1.40 bits per heavy atom. The van der Waals surface area contributed by atoms with E-state index >= 15 is 0 Å². The summed E-state index contributed by atoms with van der Waals surface area (Å²) >= 11 is 0. The van der Waals surface area contributed by atoms with Crippen LogP contribution in [-0.4, -0.2) is 0 Å². The lowest BCUT2D eigenvalue weighted by molar-refractivity contribution is 0.740. The summed E-state index contributed by atoms with van der Waals surface area (Å²) in [6, 6.07) is 19.9. The molecule has 0 aliphatic heterocycles. The first-order valence-corrected chi connectivity index (χ1v) is 7.71. The van der Waals surface area contributed by atoms with Crippen LogP contribution in [0.25, 0.3) is 21.5 Å². The van der Waals surface area contributed by atoms with E-state index in [-0.39, 0.29) is 0 Å². The van der Waals surface area contributed by atoms with E-state index in [9.17, 15) is 0 Å². The van der Waals surface area contributed by atoms with Crippen molar-refractivity contribution in [2.24, 2.45) is 0 Å². The van der Waals surface area contributed by atoms with Gasteiger partial charge in [0.15, 0.2) is 0 Å². The lowest BCUT2D eigenvalue weighted by Gasteiger charge is -2.13. The Hall–Kier alpha value is -1.82. The first kappa shape index (κ1) is 14.6. The first-order valence-electron chi connectivity index (χ1n) is 7.71. The van der Waals surface area contributed by atoms with Gasteiger partial charge in [-0.3, -0.25) is 0 Å². The van der Waals surface area contributed by atoms with E-state index in [0.717, 1.165) is 0 Å². The summed E-state index contributed by atoms with van der Waals surface area (Å²) in [6.07, 6.45) is 1.19. The van der Waals surface area contributed by atoms with Crippen LogP contribution in [0.15, 0.2) is 54.6 Å². The number of hydrogen-bond donors (Lipinski definition) is 0. The van der Waals surface area contributed by atoms with Crippen molar-refractivity contribution < 1.29 is 0 Å². The highest BCUT2D eigenvalue weighted by atomic mass is 14.1. The molecule has 3 aromatic carbocycles. The molecule has 104 valence electrons. The third kappa shape index (κ3) is 2.70. The molecule has 0 N–H and O–H groups in total. The number of hydrogen-bond acceptors (Lipinski definition) is 0. The number of benzene rings is 3. The second-order valence-electron chi connectivity index (χ2n) is 5.08. The highest BCUT2D eigenvalue weighted by Crippen LogP contribution is 2.30. The zero-order valence-electron chi connectivity index (χ0n) is 13.0. The largest absolute Gasteiger partial charge is 0.0683 e. The minimum Gasteiger partial charge on any atom is -0.0683 e. The fourth-order valence-electron chi connectivity index (χ4n) is 2.64. The van der Waals surface area contributed by atoms with Gasteiger partial charge in [0, 0.05) is 0 Å². The Labute approximate surface area is 122 Å². The van der Waals surface area contributed by atoms with Crippen LogP contribution >= 0.6 is 0 Å². The van der Waals surface area contributed by atoms with Crippen LogP contribution in [0, 0.1) is 0 Å². The third-order valence-electron chi connectivity index (χ3n) is 3.92. The number of rotatable bonds is 2. The highest BCUT2D eigenvalue weighted by molar-refractivity contribution is 5.99. The molecular formula is C20H24. The Kier molecular flexibility index (Phi) is 4.79. The summed E-state index contributed by atoms with van der Waals surface area (Å²) in [7, 11) is 0. The maximum atomic E-state index is 2.34. The molecule has 0 radical (unpaired) electrons. The van der Waals surface area contributed by atoms with Crippen molar-refractivity contribution in [2.75, 3.05) is 0 Å². The normalized spacial score (nSPS) is 12.0. The van der Waals surface area contributed by atoms with Gasteiger partial charge < -0.3 is 0 Å². The van der Waals surface area contributed by atoms with E-state index in [1.54, 1.807) is 0 Å². The van der Waals surface area contributed by atoms with Crippen LogP contribution in [0.3, 0.4) is 0 Å². The SMILES string of the molecule is CC.CCC(C)c1cccc2cc3ccccc3cc12. The quantitative estimate of drug-likeness (QED) is 0.461. The predicted molar refractivity (Wildman–Crippen MR) is 91.5 cm³/mol. The minimum atomic E-state index is 0.620. The molecule has 0 saturated carbocycles. The smallest absolute Gasteiger partial charge is 0.0143 e. The Morgan fingerprint density at radius 3 is 2.05 bits per heavy atom. The van der Waals surface area contributed by atoms with E-state index in [1.165, 1.54) is 33.5 Å². The zero-order valence-corrected chi connectivity index (χ0v) is 13.0. The molecule has 0 bridgehead atoms. The molecule has 0 aliphatic carbocycles. The minimum absolute atomic E-state index is 0.620. The van der Waals surface area contributed by atoms with Crippen molar-refractivity contribution in [3.63, 3.8) is 0 Å². The molecule has 0 aromatic heterocycles. The second kappa shape index (κ2) is 6.56. The van der Waals surface area contributed by atoms with E-state index in [4.69, 9.17) is 0 Å². The predicted octanol–water partition coefficient (Wildman–Crippen LogP) is 6.53. The monoisotopic (exact) mass is 264 g/mol. The van der Waals surface area contributed by atoms with Crippen molar-refractivity contribution >= 4 is 21.5 Å². The van der Waals surface area contributed by atoms with Crippen LogP contribution in [-0.2, 0) is 0 Å². The van der Waals surface area contributed by atoms with Gasteiger partial charge in [0.25, 0.3) is 0 Å². The van der Waals surface area contributed by atoms with E-state index in [0.29, 0.717) is 5.92 Å². The molecule has 0 nitrogen and oxygen atoms in total. The molecule has 0 saturated heterocycles. The molecule has 3 rings (SSSR count). The van der Waals surface area contributed by atoms with Gasteiger partial charge >= 0.3 is 0 Å². The summed E-state index contributed by atoms with van der Waals surface area (Å²) in [4.78, 5) is 0. The van der Waals surface area contributed by atoms with Crippen molar-refractivity contribution in [2.45, 2.75) is 40.0 Å². The Bertz CT molecular complexity index is 695. The molecule has 0 heterocycles. The zero-order chi connectivity index (χ0) is 14.5. The molecule has 20 heavy (non-hydrogen) atoms. The summed E-state index contributed by atoms with van der Waals surface area (Å²) in [6.45, 7) is 8.56. The molecule has 0 fully saturated rings. The van der Waals surface area contributed by atoms with Gasteiger partial charge in [-0.1, -0.05) is 70.2 Å². The van der Waals surface area contributed by atoms with E-state index in [1.807, 2.05) is 13.8 Å². The highest BCUT2D eigenvalue weighted by Gasteiger charge is 2.08. The Morgan fingerprint density at radius 1 is 0.800 bits per heavy atom. The molecule has 0 spiro atoms. The van der Waals surface area contributed by atoms with Crippen LogP contribution in [0.4, 0.5) is 0 Å². The van der Waals surface area contributed by atoms with Crippen molar-refractivity contribution in [1.29, 1.82) is 0 Å². The second-order valence-corrected chi connectivity index (χ2v) is 5.08. The fraction of sp³-hybridized carbons (Fsp3) is 0.300. The molecule has 0 amide bonds. The standard InChI is InChI=1S/C18H18.C2H6/c1-3-13(2)17-10-6-9-16-11-14-7-4-5-8-15(14)12-18(16)17;1-2/h4-13H,3H2,1-2H3;1-2H3. The van der Waals surface area contributed by atoms with Gasteiger partial charge in [-0.15, -0.1) is 0 Å². The molecule has 1 unspecified atom stereocenters. The first-order chi connectivity index (χ1) is 9.79.